The average Bonchev–Trinajstić information content (AvgIpc) is 3.27. The van der Waals surface area contributed by atoms with Crippen molar-refractivity contribution in [2.75, 3.05) is 44.0 Å². The number of carbonyl (C=O) groups excluding carboxylic acids is 2. The Balaban J connectivity index is 1.59. The monoisotopic (exact) mass is 374 g/mol. The van der Waals surface area contributed by atoms with Gasteiger partial charge in [-0.05, 0) is 43.7 Å². The lowest BCUT2D eigenvalue weighted by Gasteiger charge is -2.23. The van der Waals surface area contributed by atoms with Gasteiger partial charge >= 0.3 is 12.1 Å². The summed E-state index contributed by atoms with van der Waals surface area (Å²) in [5.41, 5.74) is 1.33. The highest BCUT2D eigenvalue weighted by atomic mass is 32.1. The summed E-state index contributed by atoms with van der Waals surface area (Å²) in [4.78, 5) is 28.7. The van der Waals surface area contributed by atoms with E-state index < -0.39 is 0 Å². The molecule has 26 heavy (non-hydrogen) atoms. The van der Waals surface area contributed by atoms with Gasteiger partial charge in [0.05, 0.1) is 12.6 Å². The number of ether oxygens (including phenoxy) is 1. The zero-order valence-corrected chi connectivity index (χ0v) is 15.6. The standard InChI is InChI=1S/C18H22N4O3S/c1-21(2)15(16-7-4-10-26-16)12-19-17(23)20-13-5-3-6-14(11-13)22-8-9-25-18(22)24/h3-7,10-11,15H,8-9,12H2,1-2H3,(H2,19,20,23)/t15-/m0/s1. The third-order valence-corrected chi connectivity index (χ3v) is 5.10. The summed E-state index contributed by atoms with van der Waals surface area (Å²) in [5.74, 6) is 0. The van der Waals surface area contributed by atoms with E-state index in [9.17, 15) is 9.59 Å². The van der Waals surface area contributed by atoms with E-state index in [1.54, 1.807) is 34.4 Å². The number of hydrogen-bond acceptors (Lipinski definition) is 5. The molecule has 2 N–H and O–H groups in total. The normalized spacial score (nSPS) is 15.0. The van der Waals surface area contributed by atoms with Gasteiger partial charge in [-0.2, -0.15) is 0 Å². The summed E-state index contributed by atoms with van der Waals surface area (Å²) < 4.78 is 4.95. The van der Waals surface area contributed by atoms with Crippen molar-refractivity contribution in [1.82, 2.24) is 10.2 Å². The molecule has 2 aromatic rings. The fourth-order valence-electron chi connectivity index (χ4n) is 2.76. The van der Waals surface area contributed by atoms with E-state index in [1.165, 1.54) is 4.88 Å². The average molecular weight is 374 g/mol. The Morgan fingerprint density at radius 2 is 2.19 bits per heavy atom. The van der Waals surface area contributed by atoms with E-state index in [-0.39, 0.29) is 18.2 Å². The molecule has 7 nitrogen and oxygen atoms in total. The van der Waals surface area contributed by atoms with Gasteiger partial charge in [0.2, 0.25) is 0 Å². The van der Waals surface area contributed by atoms with Gasteiger partial charge in [-0.15, -0.1) is 11.3 Å². The number of likely N-dealkylation sites (N-methyl/N-ethyl adjacent to an activating group) is 1. The van der Waals surface area contributed by atoms with Crippen LogP contribution in [-0.2, 0) is 4.74 Å². The summed E-state index contributed by atoms with van der Waals surface area (Å²) in [6.07, 6.45) is -0.364. The molecule has 1 aromatic heterocycles. The fourth-order valence-corrected chi connectivity index (χ4v) is 3.69. The van der Waals surface area contributed by atoms with Crippen LogP contribution < -0.4 is 15.5 Å². The number of nitrogens with zero attached hydrogens (tertiary/aromatic N) is 2. The number of rotatable bonds is 6. The van der Waals surface area contributed by atoms with Crippen LogP contribution >= 0.6 is 11.3 Å². The van der Waals surface area contributed by atoms with Crippen molar-refractivity contribution in [2.24, 2.45) is 0 Å². The Morgan fingerprint density at radius 1 is 1.35 bits per heavy atom. The lowest BCUT2D eigenvalue weighted by molar-refractivity contribution is 0.181. The van der Waals surface area contributed by atoms with Gasteiger partial charge in [-0.3, -0.25) is 4.90 Å². The van der Waals surface area contributed by atoms with Crippen LogP contribution in [0.4, 0.5) is 21.0 Å². The molecule has 0 saturated carbocycles. The van der Waals surface area contributed by atoms with Crippen molar-refractivity contribution < 1.29 is 14.3 Å². The summed E-state index contributed by atoms with van der Waals surface area (Å²) >= 11 is 1.67. The number of thiophene rings is 1. The highest BCUT2D eigenvalue weighted by molar-refractivity contribution is 7.10. The Hall–Kier alpha value is -2.58. The van der Waals surface area contributed by atoms with E-state index in [2.05, 4.69) is 21.6 Å². The van der Waals surface area contributed by atoms with Crippen LogP contribution in [0.5, 0.6) is 0 Å². The van der Waals surface area contributed by atoms with E-state index in [0.29, 0.717) is 31.1 Å². The van der Waals surface area contributed by atoms with Gasteiger partial charge in [-0.25, -0.2) is 9.59 Å². The molecule has 1 fully saturated rings. The molecule has 8 heteroatoms. The second-order valence-electron chi connectivity index (χ2n) is 6.15. The quantitative estimate of drug-likeness (QED) is 0.815. The highest BCUT2D eigenvalue weighted by Gasteiger charge is 2.23. The summed E-state index contributed by atoms with van der Waals surface area (Å²) in [5, 5.41) is 7.75. The third kappa shape index (κ3) is 4.33. The van der Waals surface area contributed by atoms with Crippen LogP contribution in [0.3, 0.4) is 0 Å². The largest absolute Gasteiger partial charge is 0.447 e. The Labute approximate surface area is 156 Å². The highest BCUT2D eigenvalue weighted by Crippen LogP contribution is 2.23. The number of cyclic esters (lactones) is 1. The van der Waals surface area contributed by atoms with Gasteiger partial charge in [0.25, 0.3) is 0 Å². The second-order valence-corrected chi connectivity index (χ2v) is 7.13. The number of amides is 3. The van der Waals surface area contributed by atoms with Crippen molar-refractivity contribution in [3.05, 3.63) is 46.7 Å². The van der Waals surface area contributed by atoms with E-state index in [0.717, 1.165) is 0 Å². The first-order valence-electron chi connectivity index (χ1n) is 8.33. The topological polar surface area (TPSA) is 73.9 Å². The molecule has 0 spiro atoms. The van der Waals surface area contributed by atoms with Crippen LogP contribution in [0.1, 0.15) is 10.9 Å². The van der Waals surface area contributed by atoms with Crippen molar-refractivity contribution in [3.63, 3.8) is 0 Å². The molecule has 0 unspecified atom stereocenters. The maximum absolute atomic E-state index is 12.3. The smallest absolute Gasteiger partial charge is 0.414 e. The SMILES string of the molecule is CN(C)[C@@H](CNC(=O)Nc1cccc(N2CCOC2=O)c1)c1cccs1. The zero-order chi connectivity index (χ0) is 18.5. The van der Waals surface area contributed by atoms with E-state index >= 15 is 0 Å². The molecular weight excluding hydrogens is 352 g/mol. The molecule has 1 aliphatic rings. The fraction of sp³-hybridized carbons (Fsp3) is 0.333. The third-order valence-electron chi connectivity index (χ3n) is 4.13. The minimum atomic E-state index is -0.364. The Bertz CT molecular complexity index is 764. The number of urea groups is 1. The molecule has 0 bridgehead atoms. The predicted octanol–water partition coefficient (Wildman–Crippen LogP) is 3.13. The summed E-state index contributed by atoms with van der Waals surface area (Å²) in [7, 11) is 3.98. The number of nitrogens with one attached hydrogen (secondary N) is 2. The Morgan fingerprint density at radius 3 is 2.85 bits per heavy atom. The Kier molecular flexibility index (Phi) is 5.75. The van der Waals surface area contributed by atoms with Crippen molar-refractivity contribution in [1.29, 1.82) is 0 Å². The molecular formula is C18H22N4O3S. The van der Waals surface area contributed by atoms with Crippen LogP contribution in [0.25, 0.3) is 0 Å². The van der Waals surface area contributed by atoms with Gasteiger partial charge in [0.15, 0.2) is 0 Å². The number of carbonyl (C=O) groups is 2. The van der Waals surface area contributed by atoms with Crippen molar-refractivity contribution in [2.45, 2.75) is 6.04 Å². The van der Waals surface area contributed by atoms with Crippen molar-refractivity contribution >= 4 is 34.8 Å². The first kappa shape index (κ1) is 18.2. The van der Waals surface area contributed by atoms with Crippen LogP contribution in [0.15, 0.2) is 41.8 Å². The van der Waals surface area contributed by atoms with E-state index in [1.807, 2.05) is 31.6 Å². The minimum Gasteiger partial charge on any atom is -0.447 e. The maximum Gasteiger partial charge on any atom is 0.414 e. The van der Waals surface area contributed by atoms with Crippen molar-refractivity contribution in [3.8, 4) is 0 Å². The van der Waals surface area contributed by atoms with Gasteiger partial charge in [0, 0.05) is 22.8 Å². The molecule has 1 aromatic carbocycles. The van der Waals surface area contributed by atoms with Gasteiger partial charge < -0.3 is 20.3 Å². The van der Waals surface area contributed by atoms with Crippen LogP contribution in [0, 0.1) is 0 Å². The second kappa shape index (κ2) is 8.20. The molecule has 3 amide bonds. The predicted molar refractivity (Wildman–Crippen MR) is 103 cm³/mol. The molecule has 1 saturated heterocycles. The molecule has 1 atom stereocenters. The zero-order valence-electron chi connectivity index (χ0n) is 14.8. The lowest BCUT2D eigenvalue weighted by atomic mass is 10.2. The minimum absolute atomic E-state index is 0.117. The van der Waals surface area contributed by atoms with Crippen LogP contribution in [-0.4, -0.2) is 50.8 Å². The molecule has 3 rings (SSSR count). The molecule has 2 heterocycles. The molecule has 138 valence electrons. The first-order valence-corrected chi connectivity index (χ1v) is 9.21. The summed E-state index contributed by atoms with van der Waals surface area (Å²) in [6, 6.07) is 11.1. The number of hydrogen-bond donors (Lipinski definition) is 2. The number of anilines is 2. The van der Waals surface area contributed by atoms with Gasteiger partial charge in [0.1, 0.15) is 6.61 Å². The van der Waals surface area contributed by atoms with E-state index in [4.69, 9.17) is 4.74 Å². The molecule has 1 aliphatic heterocycles. The maximum atomic E-state index is 12.3. The van der Waals surface area contributed by atoms with Crippen LogP contribution in [0.2, 0.25) is 0 Å². The molecule has 0 aliphatic carbocycles. The summed E-state index contributed by atoms with van der Waals surface area (Å²) in [6.45, 7) is 1.39. The lowest BCUT2D eigenvalue weighted by Crippen LogP contribution is -2.36. The van der Waals surface area contributed by atoms with Gasteiger partial charge in [-0.1, -0.05) is 12.1 Å². The first-order chi connectivity index (χ1) is 12.5. The molecule has 0 radical (unpaired) electrons. The number of benzene rings is 1.